The van der Waals surface area contributed by atoms with Crippen molar-refractivity contribution in [1.29, 1.82) is 0 Å². The number of anilines is 1. The Morgan fingerprint density at radius 1 is 1.05 bits per heavy atom. The lowest BCUT2D eigenvalue weighted by atomic mass is 10.3. The molecule has 6 heteroatoms. The summed E-state index contributed by atoms with van der Waals surface area (Å²) >= 11 is 14.3. The fourth-order valence-electron chi connectivity index (χ4n) is 1.95. The van der Waals surface area contributed by atoms with Gasteiger partial charge >= 0.3 is 0 Å². The van der Waals surface area contributed by atoms with Gasteiger partial charge in [-0.15, -0.1) is 0 Å². The van der Waals surface area contributed by atoms with Crippen LogP contribution in [0.4, 0.5) is 5.95 Å². The first-order valence-corrected chi connectivity index (χ1v) is 7.28. The molecular formula is C13H8Cl2IN3. The first-order chi connectivity index (χ1) is 9.06. The van der Waals surface area contributed by atoms with Gasteiger partial charge < -0.3 is 5.73 Å². The number of aromatic nitrogens is 2. The standard InChI is InChI=1S/C13H8Cl2IN3/c14-9-5-11-12(6-10(9)15)19(13(17)18-11)8-3-1-7(16)2-4-8/h1-6H,(H2,17,18). The Labute approximate surface area is 133 Å². The van der Waals surface area contributed by atoms with Gasteiger partial charge in [-0.25, -0.2) is 4.98 Å². The third kappa shape index (κ3) is 2.28. The molecule has 19 heavy (non-hydrogen) atoms. The highest BCUT2D eigenvalue weighted by molar-refractivity contribution is 14.1. The molecule has 0 fully saturated rings. The van der Waals surface area contributed by atoms with Crippen LogP contribution < -0.4 is 5.73 Å². The van der Waals surface area contributed by atoms with E-state index in [9.17, 15) is 0 Å². The first-order valence-electron chi connectivity index (χ1n) is 5.45. The van der Waals surface area contributed by atoms with E-state index in [1.165, 1.54) is 0 Å². The van der Waals surface area contributed by atoms with E-state index >= 15 is 0 Å². The number of fused-ring (bicyclic) bond motifs is 1. The number of benzene rings is 2. The highest BCUT2D eigenvalue weighted by Crippen LogP contribution is 2.30. The van der Waals surface area contributed by atoms with E-state index in [1.54, 1.807) is 12.1 Å². The molecule has 0 unspecified atom stereocenters. The molecule has 2 N–H and O–H groups in total. The van der Waals surface area contributed by atoms with Gasteiger partial charge in [-0.1, -0.05) is 23.2 Å². The van der Waals surface area contributed by atoms with Gasteiger partial charge in [0.1, 0.15) is 0 Å². The molecule has 3 aromatic rings. The summed E-state index contributed by atoms with van der Waals surface area (Å²) in [4.78, 5) is 4.31. The fourth-order valence-corrected chi connectivity index (χ4v) is 2.63. The average Bonchev–Trinajstić information content (AvgIpc) is 2.67. The Hall–Kier alpha value is -0.980. The molecule has 2 aromatic carbocycles. The summed E-state index contributed by atoms with van der Waals surface area (Å²) in [6.45, 7) is 0. The number of halogens is 3. The topological polar surface area (TPSA) is 43.8 Å². The Morgan fingerprint density at radius 2 is 1.68 bits per heavy atom. The van der Waals surface area contributed by atoms with E-state index in [0.717, 1.165) is 20.3 Å². The summed E-state index contributed by atoms with van der Waals surface area (Å²) < 4.78 is 3.01. The third-order valence-corrected chi connectivity index (χ3v) is 4.25. The lowest BCUT2D eigenvalue weighted by Crippen LogP contribution is -2.00. The van der Waals surface area contributed by atoms with Crippen molar-refractivity contribution in [2.24, 2.45) is 0 Å². The van der Waals surface area contributed by atoms with Gasteiger partial charge in [-0.05, 0) is 59.0 Å². The van der Waals surface area contributed by atoms with Crippen molar-refractivity contribution >= 4 is 62.8 Å². The number of hydrogen-bond acceptors (Lipinski definition) is 2. The first kappa shape index (κ1) is 13.0. The Balaban J connectivity index is 2.31. The summed E-state index contributed by atoms with van der Waals surface area (Å²) in [7, 11) is 0. The van der Waals surface area contributed by atoms with Crippen molar-refractivity contribution in [3.05, 3.63) is 50.0 Å². The third-order valence-electron chi connectivity index (χ3n) is 2.81. The molecule has 3 rings (SSSR count). The maximum absolute atomic E-state index is 6.07. The summed E-state index contributed by atoms with van der Waals surface area (Å²) in [6, 6.07) is 11.5. The van der Waals surface area contributed by atoms with Crippen molar-refractivity contribution in [1.82, 2.24) is 9.55 Å². The second-order valence-corrected chi connectivity index (χ2v) is 6.10. The second-order valence-electron chi connectivity index (χ2n) is 4.04. The maximum atomic E-state index is 6.07. The monoisotopic (exact) mass is 403 g/mol. The van der Waals surface area contributed by atoms with E-state index in [2.05, 4.69) is 27.6 Å². The Morgan fingerprint density at radius 3 is 2.37 bits per heavy atom. The predicted molar refractivity (Wildman–Crippen MR) is 88.2 cm³/mol. The molecule has 0 atom stereocenters. The highest BCUT2D eigenvalue weighted by Gasteiger charge is 2.12. The number of hydrogen-bond donors (Lipinski definition) is 1. The molecular weight excluding hydrogens is 396 g/mol. The molecule has 0 spiro atoms. The normalized spacial score (nSPS) is 11.1. The van der Waals surface area contributed by atoms with Gasteiger partial charge in [-0.2, -0.15) is 0 Å². The van der Waals surface area contributed by atoms with E-state index in [0.29, 0.717) is 16.0 Å². The predicted octanol–water partition coefficient (Wildman–Crippen LogP) is 4.52. The van der Waals surface area contributed by atoms with Crippen LogP contribution >= 0.6 is 45.8 Å². The van der Waals surface area contributed by atoms with E-state index in [1.807, 2.05) is 28.8 Å². The van der Waals surface area contributed by atoms with Crippen LogP contribution in [0.3, 0.4) is 0 Å². The number of nitrogens with two attached hydrogens (primary N) is 1. The van der Waals surface area contributed by atoms with Gasteiger partial charge in [0.15, 0.2) is 0 Å². The number of imidazole rings is 1. The Kier molecular flexibility index (Phi) is 3.32. The number of nitrogen functional groups attached to an aromatic ring is 1. The summed E-state index contributed by atoms with van der Waals surface area (Å²) in [5, 5.41) is 0.960. The minimum absolute atomic E-state index is 0.412. The maximum Gasteiger partial charge on any atom is 0.205 e. The zero-order valence-corrected chi connectivity index (χ0v) is 13.2. The smallest absolute Gasteiger partial charge is 0.205 e. The molecule has 0 saturated carbocycles. The summed E-state index contributed by atoms with van der Waals surface area (Å²) in [5.74, 6) is 0.412. The second kappa shape index (κ2) is 4.85. The van der Waals surface area contributed by atoms with Gasteiger partial charge in [0.2, 0.25) is 5.95 Å². The molecule has 0 aliphatic heterocycles. The molecule has 0 bridgehead atoms. The van der Waals surface area contributed by atoms with Crippen LogP contribution in [-0.4, -0.2) is 9.55 Å². The van der Waals surface area contributed by atoms with Crippen molar-refractivity contribution in [2.75, 3.05) is 5.73 Å². The van der Waals surface area contributed by atoms with Crippen LogP contribution in [0.5, 0.6) is 0 Å². The molecule has 0 amide bonds. The van der Waals surface area contributed by atoms with E-state index in [4.69, 9.17) is 28.9 Å². The quantitative estimate of drug-likeness (QED) is 0.607. The van der Waals surface area contributed by atoms with E-state index < -0.39 is 0 Å². The summed E-state index contributed by atoms with van der Waals surface area (Å²) in [6.07, 6.45) is 0. The lowest BCUT2D eigenvalue weighted by Gasteiger charge is -2.07. The highest BCUT2D eigenvalue weighted by atomic mass is 127. The fraction of sp³-hybridized carbons (Fsp3) is 0. The van der Waals surface area contributed by atoms with Crippen LogP contribution in [0.15, 0.2) is 36.4 Å². The van der Waals surface area contributed by atoms with E-state index in [-0.39, 0.29) is 0 Å². The van der Waals surface area contributed by atoms with Crippen LogP contribution in [0.25, 0.3) is 16.7 Å². The van der Waals surface area contributed by atoms with Crippen LogP contribution in [-0.2, 0) is 0 Å². The summed E-state index contributed by atoms with van der Waals surface area (Å²) in [5.41, 5.74) is 8.50. The molecule has 1 aromatic heterocycles. The van der Waals surface area contributed by atoms with Gasteiger partial charge in [-0.3, -0.25) is 4.57 Å². The number of nitrogens with zero attached hydrogens (tertiary/aromatic N) is 2. The van der Waals surface area contributed by atoms with Crippen LogP contribution in [0.1, 0.15) is 0 Å². The van der Waals surface area contributed by atoms with Crippen molar-refractivity contribution < 1.29 is 0 Å². The molecule has 3 nitrogen and oxygen atoms in total. The SMILES string of the molecule is Nc1nc2cc(Cl)c(Cl)cc2n1-c1ccc(I)cc1. The number of rotatable bonds is 1. The van der Waals surface area contributed by atoms with Gasteiger partial charge in [0.05, 0.1) is 21.1 Å². The zero-order valence-electron chi connectivity index (χ0n) is 9.57. The average molecular weight is 404 g/mol. The van der Waals surface area contributed by atoms with Gasteiger partial charge in [0.25, 0.3) is 0 Å². The lowest BCUT2D eigenvalue weighted by molar-refractivity contribution is 1.11. The van der Waals surface area contributed by atoms with Crippen LogP contribution in [0.2, 0.25) is 10.0 Å². The zero-order chi connectivity index (χ0) is 13.6. The van der Waals surface area contributed by atoms with Gasteiger partial charge in [0, 0.05) is 9.26 Å². The largest absolute Gasteiger partial charge is 0.369 e. The molecule has 96 valence electrons. The Bertz CT molecular complexity index is 766. The molecule has 0 radical (unpaired) electrons. The minimum atomic E-state index is 0.412. The molecule has 0 aliphatic carbocycles. The van der Waals surface area contributed by atoms with Crippen molar-refractivity contribution in [3.63, 3.8) is 0 Å². The van der Waals surface area contributed by atoms with Crippen molar-refractivity contribution in [3.8, 4) is 5.69 Å². The molecule has 0 aliphatic rings. The minimum Gasteiger partial charge on any atom is -0.369 e. The molecule has 0 saturated heterocycles. The van der Waals surface area contributed by atoms with Crippen molar-refractivity contribution in [2.45, 2.75) is 0 Å². The van der Waals surface area contributed by atoms with Crippen LogP contribution in [0, 0.1) is 3.57 Å². The molecule has 1 heterocycles.